The first-order chi connectivity index (χ1) is 13.3. The molecule has 2 fully saturated rings. The SMILES string of the molecule is CN=C(NCCCCN1CCCC1)N1CCC(COCc2ccccc2)C1.I. The molecular formula is C22H37IN4O. The Bertz CT molecular complexity index is 563. The Balaban J connectivity index is 0.00000280. The Hall–Kier alpha value is -0.860. The van der Waals surface area contributed by atoms with Crippen molar-refractivity contribution in [2.45, 2.75) is 38.7 Å². The number of unbranched alkanes of at least 4 members (excludes halogenated alkanes) is 1. The quantitative estimate of drug-likeness (QED) is 0.244. The van der Waals surface area contributed by atoms with Crippen LogP contribution in [0.15, 0.2) is 35.3 Å². The average molecular weight is 500 g/mol. The van der Waals surface area contributed by atoms with Gasteiger partial charge in [-0.25, -0.2) is 0 Å². The number of rotatable bonds is 9. The lowest BCUT2D eigenvalue weighted by Crippen LogP contribution is -2.40. The summed E-state index contributed by atoms with van der Waals surface area (Å²) < 4.78 is 5.94. The molecule has 2 heterocycles. The van der Waals surface area contributed by atoms with Gasteiger partial charge in [0.05, 0.1) is 13.2 Å². The van der Waals surface area contributed by atoms with Crippen molar-refractivity contribution in [1.29, 1.82) is 0 Å². The fraction of sp³-hybridized carbons (Fsp3) is 0.682. The molecule has 158 valence electrons. The summed E-state index contributed by atoms with van der Waals surface area (Å²) in [5, 5.41) is 3.56. The number of hydrogen-bond acceptors (Lipinski definition) is 3. The van der Waals surface area contributed by atoms with E-state index >= 15 is 0 Å². The molecule has 5 nitrogen and oxygen atoms in total. The zero-order valence-electron chi connectivity index (χ0n) is 17.3. The molecule has 2 aliphatic heterocycles. The predicted molar refractivity (Wildman–Crippen MR) is 127 cm³/mol. The highest BCUT2D eigenvalue weighted by Crippen LogP contribution is 2.17. The zero-order chi connectivity index (χ0) is 18.7. The molecule has 0 bridgehead atoms. The van der Waals surface area contributed by atoms with E-state index in [0.29, 0.717) is 12.5 Å². The minimum absolute atomic E-state index is 0. The molecule has 28 heavy (non-hydrogen) atoms. The van der Waals surface area contributed by atoms with E-state index in [9.17, 15) is 0 Å². The van der Waals surface area contributed by atoms with Crippen molar-refractivity contribution in [2.24, 2.45) is 10.9 Å². The van der Waals surface area contributed by atoms with Crippen LogP contribution in [0.5, 0.6) is 0 Å². The van der Waals surface area contributed by atoms with Crippen molar-refractivity contribution in [3.05, 3.63) is 35.9 Å². The number of nitrogens with one attached hydrogen (secondary N) is 1. The molecule has 0 aliphatic carbocycles. The number of guanidine groups is 1. The summed E-state index contributed by atoms with van der Waals surface area (Å²) in [6, 6.07) is 10.4. The van der Waals surface area contributed by atoms with Crippen molar-refractivity contribution in [3.63, 3.8) is 0 Å². The van der Waals surface area contributed by atoms with Gasteiger partial charge in [0, 0.05) is 32.6 Å². The van der Waals surface area contributed by atoms with Crippen LogP contribution >= 0.6 is 24.0 Å². The number of nitrogens with zero attached hydrogens (tertiary/aromatic N) is 3. The normalized spacial score (nSPS) is 20.4. The van der Waals surface area contributed by atoms with Gasteiger partial charge in [-0.3, -0.25) is 4.99 Å². The summed E-state index contributed by atoms with van der Waals surface area (Å²) in [5.41, 5.74) is 1.25. The van der Waals surface area contributed by atoms with Crippen LogP contribution < -0.4 is 5.32 Å². The van der Waals surface area contributed by atoms with Crippen molar-refractivity contribution in [1.82, 2.24) is 15.1 Å². The van der Waals surface area contributed by atoms with Gasteiger partial charge >= 0.3 is 0 Å². The van der Waals surface area contributed by atoms with E-state index in [0.717, 1.165) is 32.2 Å². The molecule has 0 spiro atoms. The summed E-state index contributed by atoms with van der Waals surface area (Å²) in [5.74, 6) is 1.66. The molecule has 2 aliphatic rings. The number of benzene rings is 1. The van der Waals surface area contributed by atoms with Crippen LogP contribution in [0, 0.1) is 5.92 Å². The van der Waals surface area contributed by atoms with Gasteiger partial charge in [-0.1, -0.05) is 30.3 Å². The number of ether oxygens (including phenoxy) is 1. The highest BCUT2D eigenvalue weighted by atomic mass is 127. The van der Waals surface area contributed by atoms with Gasteiger partial charge in [0.25, 0.3) is 0 Å². The van der Waals surface area contributed by atoms with E-state index in [1.807, 2.05) is 13.1 Å². The molecule has 1 N–H and O–H groups in total. The standard InChI is InChI=1S/C22H36N4O.HI/c1-23-22(24-12-5-6-13-25-14-7-8-15-25)26-16-11-21(17-26)19-27-18-20-9-3-2-4-10-20;/h2-4,9-10,21H,5-8,11-19H2,1H3,(H,23,24);1H. The van der Waals surface area contributed by atoms with Crippen molar-refractivity contribution >= 4 is 29.9 Å². The Morgan fingerprint density at radius 3 is 2.68 bits per heavy atom. The van der Waals surface area contributed by atoms with E-state index in [1.165, 1.54) is 57.3 Å². The van der Waals surface area contributed by atoms with E-state index in [2.05, 4.69) is 44.4 Å². The first kappa shape index (κ1) is 23.4. The Morgan fingerprint density at radius 1 is 1.14 bits per heavy atom. The van der Waals surface area contributed by atoms with E-state index in [-0.39, 0.29) is 24.0 Å². The first-order valence-electron chi connectivity index (χ1n) is 10.6. The summed E-state index contributed by atoms with van der Waals surface area (Å²) in [4.78, 5) is 9.47. The Kier molecular flexibility index (Phi) is 11.2. The molecule has 6 heteroatoms. The minimum Gasteiger partial charge on any atom is -0.376 e. The van der Waals surface area contributed by atoms with E-state index in [1.54, 1.807) is 0 Å². The first-order valence-corrected chi connectivity index (χ1v) is 10.6. The fourth-order valence-corrected chi connectivity index (χ4v) is 4.08. The molecule has 1 unspecified atom stereocenters. The van der Waals surface area contributed by atoms with Crippen LogP contribution in [0.4, 0.5) is 0 Å². The van der Waals surface area contributed by atoms with Crippen LogP contribution in [-0.2, 0) is 11.3 Å². The van der Waals surface area contributed by atoms with Crippen LogP contribution in [0.3, 0.4) is 0 Å². The largest absolute Gasteiger partial charge is 0.376 e. The fourth-order valence-electron chi connectivity index (χ4n) is 4.08. The van der Waals surface area contributed by atoms with Crippen molar-refractivity contribution in [3.8, 4) is 0 Å². The maximum Gasteiger partial charge on any atom is 0.193 e. The van der Waals surface area contributed by atoms with Crippen LogP contribution in [0.1, 0.15) is 37.7 Å². The van der Waals surface area contributed by atoms with Gasteiger partial charge in [-0.05, 0) is 57.3 Å². The Labute approximate surface area is 187 Å². The summed E-state index contributed by atoms with van der Waals surface area (Å²) in [6.45, 7) is 8.54. The highest BCUT2D eigenvalue weighted by Gasteiger charge is 2.24. The molecule has 0 saturated carbocycles. The monoisotopic (exact) mass is 500 g/mol. The molecule has 2 saturated heterocycles. The lowest BCUT2D eigenvalue weighted by atomic mass is 10.1. The second-order valence-electron chi connectivity index (χ2n) is 7.83. The average Bonchev–Trinajstić information content (AvgIpc) is 3.38. The van der Waals surface area contributed by atoms with Crippen molar-refractivity contribution in [2.75, 3.05) is 52.9 Å². The maximum atomic E-state index is 5.94. The molecule has 1 atom stereocenters. The molecule has 0 amide bonds. The van der Waals surface area contributed by atoms with Gasteiger partial charge in [-0.15, -0.1) is 24.0 Å². The highest BCUT2D eigenvalue weighted by molar-refractivity contribution is 14.0. The summed E-state index contributed by atoms with van der Waals surface area (Å²) in [6.07, 6.45) is 6.45. The maximum absolute atomic E-state index is 5.94. The van der Waals surface area contributed by atoms with Crippen LogP contribution in [0.25, 0.3) is 0 Å². The third-order valence-electron chi connectivity index (χ3n) is 5.65. The smallest absolute Gasteiger partial charge is 0.193 e. The van der Waals surface area contributed by atoms with Crippen LogP contribution in [-0.4, -0.2) is 68.7 Å². The van der Waals surface area contributed by atoms with Gasteiger partial charge in [0.2, 0.25) is 0 Å². The zero-order valence-corrected chi connectivity index (χ0v) is 19.6. The van der Waals surface area contributed by atoms with Crippen molar-refractivity contribution < 1.29 is 4.74 Å². The molecular weight excluding hydrogens is 463 g/mol. The van der Waals surface area contributed by atoms with Gasteiger partial charge < -0.3 is 19.9 Å². The number of likely N-dealkylation sites (tertiary alicyclic amines) is 2. The number of hydrogen-bond donors (Lipinski definition) is 1. The summed E-state index contributed by atoms with van der Waals surface area (Å²) in [7, 11) is 1.89. The second-order valence-corrected chi connectivity index (χ2v) is 7.83. The lowest BCUT2D eigenvalue weighted by molar-refractivity contribution is 0.0907. The number of halogens is 1. The number of aliphatic imine (C=N–C) groups is 1. The predicted octanol–water partition coefficient (Wildman–Crippen LogP) is 3.59. The van der Waals surface area contributed by atoms with Gasteiger partial charge in [0.1, 0.15) is 0 Å². The van der Waals surface area contributed by atoms with Gasteiger partial charge in [0.15, 0.2) is 5.96 Å². The molecule has 0 aromatic heterocycles. The third kappa shape index (κ3) is 7.87. The van der Waals surface area contributed by atoms with Crippen LogP contribution in [0.2, 0.25) is 0 Å². The second kappa shape index (κ2) is 13.4. The van der Waals surface area contributed by atoms with E-state index in [4.69, 9.17) is 4.74 Å². The topological polar surface area (TPSA) is 40.1 Å². The molecule has 1 aromatic carbocycles. The minimum atomic E-state index is 0. The Morgan fingerprint density at radius 2 is 1.93 bits per heavy atom. The lowest BCUT2D eigenvalue weighted by Gasteiger charge is -2.22. The molecule has 0 radical (unpaired) electrons. The third-order valence-corrected chi connectivity index (χ3v) is 5.65. The van der Waals surface area contributed by atoms with E-state index < -0.39 is 0 Å². The summed E-state index contributed by atoms with van der Waals surface area (Å²) >= 11 is 0. The molecule has 1 aromatic rings. The van der Waals surface area contributed by atoms with Gasteiger partial charge in [-0.2, -0.15) is 0 Å². The molecule has 3 rings (SSSR count).